The number of thioether (sulfide) groups is 1. The normalized spacial score (nSPS) is 11.3. The number of imidazole rings is 1. The Hall–Kier alpha value is -2.13. The number of aryl methyl sites for hydroxylation is 3. The van der Waals surface area contributed by atoms with Gasteiger partial charge in [-0.25, -0.2) is 9.97 Å². The van der Waals surface area contributed by atoms with Crippen LogP contribution in [0.2, 0.25) is 0 Å². The second-order valence-electron chi connectivity index (χ2n) is 6.53. The molecule has 3 aromatic heterocycles. The zero-order valence-corrected chi connectivity index (χ0v) is 17.8. The number of fused-ring (bicyclic) bond motifs is 1. The number of rotatable bonds is 6. The van der Waals surface area contributed by atoms with Crippen molar-refractivity contribution in [3.8, 4) is 0 Å². The van der Waals surface area contributed by atoms with Crippen LogP contribution in [0.1, 0.15) is 33.9 Å². The van der Waals surface area contributed by atoms with Gasteiger partial charge in [-0.1, -0.05) is 11.8 Å². The molecule has 0 aliphatic rings. The molecule has 27 heavy (non-hydrogen) atoms. The molecule has 9 heteroatoms. The molecular formula is C18H23N5O2S2. The molecule has 144 valence electrons. The Morgan fingerprint density at radius 1 is 1.30 bits per heavy atom. The van der Waals surface area contributed by atoms with Crippen LogP contribution >= 0.6 is 23.1 Å². The summed E-state index contributed by atoms with van der Waals surface area (Å²) in [6.07, 6.45) is 4.56. The number of hydrogen-bond donors (Lipinski definition) is 1. The molecule has 0 spiro atoms. The fourth-order valence-corrected chi connectivity index (χ4v) is 4.32. The molecule has 1 amide bonds. The number of H-pyrrole nitrogens is 1. The Labute approximate surface area is 165 Å². The van der Waals surface area contributed by atoms with E-state index in [9.17, 15) is 9.59 Å². The average molecular weight is 406 g/mol. The number of hydrogen-bond acceptors (Lipinski definition) is 6. The monoisotopic (exact) mass is 405 g/mol. The van der Waals surface area contributed by atoms with Gasteiger partial charge in [-0.05, 0) is 33.4 Å². The topological polar surface area (TPSA) is 83.4 Å². The molecule has 0 saturated heterocycles. The van der Waals surface area contributed by atoms with Gasteiger partial charge in [-0.15, -0.1) is 11.3 Å². The summed E-state index contributed by atoms with van der Waals surface area (Å²) in [6, 6.07) is 0. The van der Waals surface area contributed by atoms with Crippen LogP contribution in [0.15, 0.2) is 16.1 Å². The van der Waals surface area contributed by atoms with Crippen LogP contribution in [0.25, 0.3) is 4.96 Å². The maximum absolute atomic E-state index is 12.6. The first-order valence-corrected chi connectivity index (χ1v) is 10.7. The van der Waals surface area contributed by atoms with Crippen molar-refractivity contribution in [1.82, 2.24) is 24.3 Å². The maximum Gasteiger partial charge on any atom is 0.254 e. The number of carbonyl (C=O) groups is 1. The second-order valence-corrected chi connectivity index (χ2v) is 8.54. The van der Waals surface area contributed by atoms with E-state index in [1.807, 2.05) is 27.0 Å². The molecule has 0 aromatic carbocycles. The Morgan fingerprint density at radius 2 is 2.04 bits per heavy atom. The van der Waals surface area contributed by atoms with Crippen molar-refractivity contribution >= 4 is 34.0 Å². The number of amides is 1. The van der Waals surface area contributed by atoms with Gasteiger partial charge < -0.3 is 9.88 Å². The van der Waals surface area contributed by atoms with Crippen molar-refractivity contribution in [2.45, 2.75) is 45.3 Å². The molecule has 3 rings (SSSR count). The first-order valence-electron chi connectivity index (χ1n) is 8.62. The molecule has 1 N–H and O–H groups in total. The van der Waals surface area contributed by atoms with Crippen molar-refractivity contribution in [2.75, 3.05) is 13.3 Å². The summed E-state index contributed by atoms with van der Waals surface area (Å²) in [5, 5.41) is 0.593. The molecule has 0 aliphatic carbocycles. The van der Waals surface area contributed by atoms with Gasteiger partial charge in [0.2, 0.25) is 5.91 Å². The Morgan fingerprint density at radius 3 is 2.70 bits per heavy atom. The number of thiazole rings is 1. The lowest BCUT2D eigenvalue weighted by Crippen LogP contribution is -2.28. The third kappa shape index (κ3) is 4.08. The summed E-state index contributed by atoms with van der Waals surface area (Å²) < 4.78 is 2.05. The van der Waals surface area contributed by atoms with Crippen molar-refractivity contribution in [3.63, 3.8) is 0 Å². The van der Waals surface area contributed by atoms with Gasteiger partial charge in [-0.2, -0.15) is 0 Å². The highest BCUT2D eigenvalue weighted by Crippen LogP contribution is 2.21. The van der Waals surface area contributed by atoms with Gasteiger partial charge in [0.15, 0.2) is 10.1 Å². The SMILES string of the molecule is CSc1nc(C)c(CCC(=O)N(C)Cc2c(C)nc3sc(C)cn23)c(=O)[nH]1. The Bertz CT molecular complexity index is 1050. The minimum atomic E-state index is -0.163. The summed E-state index contributed by atoms with van der Waals surface area (Å²) >= 11 is 3.03. The molecule has 7 nitrogen and oxygen atoms in total. The summed E-state index contributed by atoms with van der Waals surface area (Å²) in [7, 11) is 1.78. The maximum atomic E-state index is 12.6. The van der Waals surface area contributed by atoms with E-state index in [2.05, 4.69) is 25.5 Å². The molecule has 0 unspecified atom stereocenters. The van der Waals surface area contributed by atoms with E-state index in [0.717, 1.165) is 16.3 Å². The third-order valence-electron chi connectivity index (χ3n) is 4.54. The van der Waals surface area contributed by atoms with E-state index in [1.165, 1.54) is 16.6 Å². The highest BCUT2D eigenvalue weighted by molar-refractivity contribution is 7.98. The average Bonchev–Trinajstić information content (AvgIpc) is 3.09. The fraction of sp³-hybridized carbons (Fsp3) is 0.444. The molecule has 0 fully saturated rings. The summed E-state index contributed by atoms with van der Waals surface area (Å²) in [5.74, 6) is -0.0101. The summed E-state index contributed by atoms with van der Waals surface area (Å²) in [6.45, 7) is 6.30. The van der Waals surface area contributed by atoms with Gasteiger partial charge in [-0.3, -0.25) is 14.0 Å². The lowest BCUT2D eigenvalue weighted by atomic mass is 10.1. The van der Waals surface area contributed by atoms with Crippen LogP contribution in [0, 0.1) is 20.8 Å². The zero-order valence-electron chi connectivity index (χ0n) is 16.1. The first kappa shape index (κ1) is 19.6. The number of aromatic nitrogens is 4. The largest absolute Gasteiger partial charge is 0.340 e. The van der Waals surface area contributed by atoms with Crippen LogP contribution in [0.3, 0.4) is 0 Å². The Kier molecular flexibility index (Phi) is 5.71. The Balaban J connectivity index is 1.69. The first-order chi connectivity index (χ1) is 12.8. The highest BCUT2D eigenvalue weighted by Gasteiger charge is 2.17. The van der Waals surface area contributed by atoms with E-state index in [1.54, 1.807) is 23.3 Å². The minimum absolute atomic E-state index is 0.0101. The fourth-order valence-electron chi connectivity index (χ4n) is 3.01. The minimum Gasteiger partial charge on any atom is -0.340 e. The van der Waals surface area contributed by atoms with Crippen LogP contribution in [-0.4, -0.2) is 43.5 Å². The molecule has 3 heterocycles. The van der Waals surface area contributed by atoms with E-state index >= 15 is 0 Å². The molecular weight excluding hydrogens is 382 g/mol. The van der Waals surface area contributed by atoms with E-state index in [-0.39, 0.29) is 17.9 Å². The van der Waals surface area contributed by atoms with Gasteiger partial charge in [0, 0.05) is 35.8 Å². The quantitative estimate of drug-likeness (QED) is 0.504. The van der Waals surface area contributed by atoms with Gasteiger partial charge >= 0.3 is 0 Å². The number of aromatic amines is 1. The predicted molar refractivity (Wildman–Crippen MR) is 109 cm³/mol. The zero-order chi connectivity index (χ0) is 19.7. The number of nitrogens with zero attached hydrogens (tertiary/aromatic N) is 4. The number of carbonyl (C=O) groups excluding carboxylic acids is 1. The smallest absolute Gasteiger partial charge is 0.254 e. The lowest BCUT2D eigenvalue weighted by Gasteiger charge is -2.17. The third-order valence-corrected chi connectivity index (χ3v) is 6.01. The standard InChI is InChI=1S/C18H23N5O2S2/c1-10-8-23-14(12(3)20-18(23)27-10)9-22(4)15(24)7-6-13-11(2)19-17(26-5)21-16(13)25/h8H,6-7,9H2,1-5H3,(H,19,21,25). The van der Waals surface area contributed by atoms with E-state index in [0.29, 0.717) is 29.4 Å². The molecule has 0 radical (unpaired) electrons. The van der Waals surface area contributed by atoms with E-state index < -0.39 is 0 Å². The van der Waals surface area contributed by atoms with Crippen molar-refractivity contribution in [2.24, 2.45) is 0 Å². The molecule has 0 bridgehead atoms. The van der Waals surface area contributed by atoms with Crippen LogP contribution in [-0.2, 0) is 17.8 Å². The van der Waals surface area contributed by atoms with Crippen molar-refractivity contribution in [1.29, 1.82) is 0 Å². The van der Waals surface area contributed by atoms with Crippen LogP contribution < -0.4 is 5.56 Å². The van der Waals surface area contributed by atoms with Gasteiger partial charge in [0.05, 0.1) is 17.9 Å². The van der Waals surface area contributed by atoms with Gasteiger partial charge in [0.25, 0.3) is 5.56 Å². The summed E-state index contributed by atoms with van der Waals surface area (Å²) in [5.41, 5.74) is 3.05. The number of nitrogens with one attached hydrogen (secondary N) is 1. The lowest BCUT2D eigenvalue weighted by molar-refractivity contribution is -0.130. The van der Waals surface area contributed by atoms with Crippen LogP contribution in [0.4, 0.5) is 0 Å². The van der Waals surface area contributed by atoms with E-state index in [4.69, 9.17) is 0 Å². The molecule has 0 aliphatic heterocycles. The molecule has 0 atom stereocenters. The van der Waals surface area contributed by atoms with Gasteiger partial charge in [0.1, 0.15) is 0 Å². The van der Waals surface area contributed by atoms with Crippen molar-refractivity contribution < 1.29 is 4.79 Å². The van der Waals surface area contributed by atoms with Crippen molar-refractivity contribution in [3.05, 3.63) is 44.1 Å². The molecule has 0 saturated carbocycles. The summed E-state index contributed by atoms with van der Waals surface area (Å²) in [4.78, 5) is 40.3. The molecule has 3 aromatic rings. The van der Waals surface area contributed by atoms with Crippen LogP contribution in [0.5, 0.6) is 0 Å². The second kappa shape index (κ2) is 7.85. The predicted octanol–water partition coefficient (Wildman–Crippen LogP) is 2.72. The highest BCUT2D eigenvalue weighted by atomic mass is 32.2.